The van der Waals surface area contributed by atoms with Crippen LogP contribution in [0.1, 0.15) is 44.3 Å². The van der Waals surface area contributed by atoms with Crippen molar-refractivity contribution >= 4 is 5.91 Å². The standard InChI is InChI=1S/C16H23NO3/c1-2-14(18)13-8-4-5-9-15(13)20-12-16(19)17-10-6-3-7-11-17/h4-5,8-9,14,18H,2-3,6-7,10-12H2,1H3/t14-/m0/s1. The number of carbonyl (C=O) groups excluding carboxylic acids is 1. The molecule has 0 spiro atoms. The topological polar surface area (TPSA) is 49.8 Å². The summed E-state index contributed by atoms with van der Waals surface area (Å²) in [5, 5.41) is 9.95. The van der Waals surface area contributed by atoms with Gasteiger partial charge < -0.3 is 14.7 Å². The summed E-state index contributed by atoms with van der Waals surface area (Å²) < 4.78 is 5.62. The summed E-state index contributed by atoms with van der Waals surface area (Å²) in [4.78, 5) is 13.9. The number of amides is 1. The maximum Gasteiger partial charge on any atom is 0.260 e. The van der Waals surface area contributed by atoms with Gasteiger partial charge in [0.25, 0.3) is 5.91 Å². The van der Waals surface area contributed by atoms with Gasteiger partial charge in [0.2, 0.25) is 0 Å². The number of rotatable bonds is 5. The SMILES string of the molecule is CC[C@H](O)c1ccccc1OCC(=O)N1CCCCC1. The second-order valence-electron chi connectivity index (χ2n) is 5.19. The molecule has 0 saturated carbocycles. The van der Waals surface area contributed by atoms with Gasteiger partial charge in [0, 0.05) is 18.7 Å². The lowest BCUT2D eigenvalue weighted by atomic mass is 10.1. The minimum Gasteiger partial charge on any atom is -0.483 e. The number of ether oxygens (including phenoxy) is 1. The van der Waals surface area contributed by atoms with Crippen LogP contribution in [-0.2, 0) is 4.79 Å². The summed E-state index contributed by atoms with van der Waals surface area (Å²) in [6, 6.07) is 7.37. The van der Waals surface area contributed by atoms with Gasteiger partial charge in [0.05, 0.1) is 6.10 Å². The molecular weight excluding hydrogens is 254 g/mol. The Morgan fingerprint density at radius 2 is 2.00 bits per heavy atom. The number of aliphatic hydroxyl groups is 1. The van der Waals surface area contributed by atoms with E-state index in [0.717, 1.165) is 31.5 Å². The molecule has 1 N–H and O–H groups in total. The van der Waals surface area contributed by atoms with Crippen molar-refractivity contribution in [2.24, 2.45) is 0 Å². The molecule has 0 radical (unpaired) electrons. The summed E-state index contributed by atoms with van der Waals surface area (Å²) >= 11 is 0. The molecule has 1 aromatic rings. The summed E-state index contributed by atoms with van der Waals surface area (Å²) in [6.45, 7) is 3.64. The van der Waals surface area contributed by atoms with Crippen molar-refractivity contribution in [3.05, 3.63) is 29.8 Å². The zero-order chi connectivity index (χ0) is 14.4. The molecule has 1 aliphatic heterocycles. The first-order valence-electron chi connectivity index (χ1n) is 7.40. The average Bonchev–Trinajstić information content (AvgIpc) is 2.53. The van der Waals surface area contributed by atoms with E-state index in [1.165, 1.54) is 6.42 Å². The van der Waals surface area contributed by atoms with Crippen molar-refractivity contribution in [3.8, 4) is 5.75 Å². The third-order valence-corrected chi connectivity index (χ3v) is 3.72. The van der Waals surface area contributed by atoms with Gasteiger partial charge in [-0.3, -0.25) is 4.79 Å². The monoisotopic (exact) mass is 277 g/mol. The van der Waals surface area contributed by atoms with Gasteiger partial charge in [0.15, 0.2) is 6.61 Å². The van der Waals surface area contributed by atoms with E-state index in [2.05, 4.69) is 0 Å². The first kappa shape index (κ1) is 14.9. The van der Waals surface area contributed by atoms with Crippen molar-refractivity contribution < 1.29 is 14.6 Å². The van der Waals surface area contributed by atoms with Gasteiger partial charge >= 0.3 is 0 Å². The van der Waals surface area contributed by atoms with E-state index < -0.39 is 6.10 Å². The molecule has 4 heteroatoms. The van der Waals surface area contributed by atoms with Crippen LogP contribution in [0, 0.1) is 0 Å². The number of hydrogen-bond acceptors (Lipinski definition) is 3. The van der Waals surface area contributed by atoms with Crippen LogP contribution in [0.2, 0.25) is 0 Å². The van der Waals surface area contributed by atoms with Gasteiger partial charge in [-0.15, -0.1) is 0 Å². The number of para-hydroxylation sites is 1. The first-order valence-corrected chi connectivity index (χ1v) is 7.40. The molecule has 110 valence electrons. The Balaban J connectivity index is 1.94. The highest BCUT2D eigenvalue weighted by molar-refractivity contribution is 5.77. The average molecular weight is 277 g/mol. The number of likely N-dealkylation sites (tertiary alicyclic amines) is 1. The van der Waals surface area contributed by atoms with Gasteiger partial charge in [-0.05, 0) is 31.7 Å². The molecule has 1 fully saturated rings. The van der Waals surface area contributed by atoms with Crippen molar-refractivity contribution in [2.75, 3.05) is 19.7 Å². The quantitative estimate of drug-likeness (QED) is 0.899. The second-order valence-corrected chi connectivity index (χ2v) is 5.19. The van der Waals surface area contributed by atoms with Crippen LogP contribution in [0.15, 0.2) is 24.3 Å². The Labute approximate surface area is 120 Å². The molecule has 20 heavy (non-hydrogen) atoms. The highest BCUT2D eigenvalue weighted by Gasteiger charge is 2.18. The van der Waals surface area contributed by atoms with Gasteiger partial charge in [0.1, 0.15) is 5.75 Å². The van der Waals surface area contributed by atoms with E-state index in [1.807, 2.05) is 30.0 Å². The molecule has 2 rings (SSSR count). The predicted octanol–water partition coefficient (Wildman–Crippen LogP) is 2.52. The minimum absolute atomic E-state index is 0.0329. The van der Waals surface area contributed by atoms with Crippen molar-refractivity contribution in [1.82, 2.24) is 4.90 Å². The smallest absolute Gasteiger partial charge is 0.260 e. The molecule has 1 aliphatic rings. The van der Waals surface area contributed by atoms with E-state index in [4.69, 9.17) is 4.74 Å². The van der Waals surface area contributed by atoms with Crippen LogP contribution in [0.4, 0.5) is 0 Å². The number of nitrogens with zero attached hydrogens (tertiary/aromatic N) is 1. The van der Waals surface area contributed by atoms with Crippen molar-refractivity contribution in [3.63, 3.8) is 0 Å². The number of carbonyl (C=O) groups is 1. The minimum atomic E-state index is -0.545. The zero-order valence-electron chi connectivity index (χ0n) is 12.0. The molecule has 1 aromatic carbocycles. The fraction of sp³-hybridized carbons (Fsp3) is 0.562. The highest BCUT2D eigenvalue weighted by Crippen LogP contribution is 2.26. The molecule has 4 nitrogen and oxygen atoms in total. The molecular formula is C16H23NO3. The maximum atomic E-state index is 12.1. The molecule has 1 amide bonds. The van der Waals surface area contributed by atoms with E-state index in [0.29, 0.717) is 12.2 Å². The van der Waals surface area contributed by atoms with E-state index in [9.17, 15) is 9.90 Å². The summed E-state index contributed by atoms with van der Waals surface area (Å²) in [5.41, 5.74) is 0.751. The lowest BCUT2D eigenvalue weighted by Gasteiger charge is -2.26. The van der Waals surface area contributed by atoms with E-state index in [-0.39, 0.29) is 12.5 Å². The van der Waals surface area contributed by atoms with Crippen molar-refractivity contribution in [1.29, 1.82) is 0 Å². The lowest BCUT2D eigenvalue weighted by molar-refractivity contribution is -0.134. The normalized spacial score (nSPS) is 16.8. The summed E-state index contributed by atoms with van der Waals surface area (Å²) in [5.74, 6) is 0.637. The largest absolute Gasteiger partial charge is 0.483 e. The summed E-state index contributed by atoms with van der Waals surface area (Å²) in [7, 11) is 0. The number of piperidine rings is 1. The Morgan fingerprint density at radius 3 is 2.70 bits per heavy atom. The Morgan fingerprint density at radius 1 is 1.30 bits per heavy atom. The number of benzene rings is 1. The van der Waals surface area contributed by atoms with Crippen LogP contribution in [0.5, 0.6) is 5.75 Å². The van der Waals surface area contributed by atoms with Crippen LogP contribution < -0.4 is 4.74 Å². The lowest BCUT2D eigenvalue weighted by Crippen LogP contribution is -2.38. The fourth-order valence-electron chi connectivity index (χ4n) is 2.48. The highest BCUT2D eigenvalue weighted by atomic mass is 16.5. The maximum absolute atomic E-state index is 12.1. The molecule has 1 heterocycles. The van der Waals surface area contributed by atoms with Crippen LogP contribution in [0.3, 0.4) is 0 Å². The molecule has 0 bridgehead atoms. The van der Waals surface area contributed by atoms with Gasteiger partial charge in [-0.2, -0.15) is 0 Å². The molecule has 1 atom stereocenters. The Kier molecular flexibility index (Phi) is 5.41. The number of aliphatic hydroxyl groups excluding tert-OH is 1. The van der Waals surface area contributed by atoms with Gasteiger partial charge in [-0.25, -0.2) is 0 Å². The van der Waals surface area contributed by atoms with E-state index >= 15 is 0 Å². The van der Waals surface area contributed by atoms with Crippen LogP contribution in [-0.4, -0.2) is 35.6 Å². The van der Waals surface area contributed by atoms with Crippen LogP contribution >= 0.6 is 0 Å². The first-order chi connectivity index (χ1) is 9.72. The van der Waals surface area contributed by atoms with Crippen molar-refractivity contribution in [2.45, 2.75) is 38.7 Å². The predicted molar refractivity (Wildman–Crippen MR) is 77.6 cm³/mol. The van der Waals surface area contributed by atoms with Crippen LogP contribution in [0.25, 0.3) is 0 Å². The second kappa shape index (κ2) is 7.29. The third kappa shape index (κ3) is 3.73. The molecule has 0 unspecified atom stereocenters. The van der Waals surface area contributed by atoms with E-state index in [1.54, 1.807) is 6.07 Å². The summed E-state index contributed by atoms with van der Waals surface area (Å²) in [6.07, 6.45) is 3.45. The number of hydrogen-bond donors (Lipinski definition) is 1. The molecule has 0 aromatic heterocycles. The zero-order valence-corrected chi connectivity index (χ0v) is 12.0. The third-order valence-electron chi connectivity index (χ3n) is 3.72. The Bertz CT molecular complexity index is 441. The van der Waals surface area contributed by atoms with Gasteiger partial charge in [-0.1, -0.05) is 25.1 Å². The Hall–Kier alpha value is -1.55. The fourth-order valence-corrected chi connectivity index (χ4v) is 2.48. The molecule has 1 saturated heterocycles. The molecule has 0 aliphatic carbocycles.